The Hall–Kier alpha value is -0.830. The van der Waals surface area contributed by atoms with Crippen LogP contribution in [0.2, 0.25) is 0 Å². The van der Waals surface area contributed by atoms with Gasteiger partial charge in [0.1, 0.15) is 0 Å². The van der Waals surface area contributed by atoms with Gasteiger partial charge in [-0.05, 0) is 6.42 Å². The first-order valence-corrected chi connectivity index (χ1v) is 3.15. The van der Waals surface area contributed by atoms with Crippen LogP contribution in [-0.2, 0) is 4.79 Å². The molecule has 0 amide bonds. The van der Waals surface area contributed by atoms with Gasteiger partial charge in [0, 0.05) is 6.42 Å². The van der Waals surface area contributed by atoms with E-state index >= 15 is 0 Å². The molecule has 0 saturated heterocycles. The Kier molecular flexibility index (Phi) is 3.72. The number of carbonyl (C=O) groups is 1. The maximum Gasteiger partial charge on any atom is 0.332 e. The highest BCUT2D eigenvalue weighted by atomic mass is 16.4. The Balaban J connectivity index is 3.68. The van der Waals surface area contributed by atoms with E-state index in [-0.39, 0.29) is 6.42 Å². The van der Waals surface area contributed by atoms with Crippen LogP contribution in [0.5, 0.6) is 0 Å². The summed E-state index contributed by atoms with van der Waals surface area (Å²) in [7, 11) is 0. The lowest BCUT2D eigenvalue weighted by molar-refractivity contribution is -0.146. The number of aliphatic carboxylic acids is 1. The Morgan fingerprint density at radius 1 is 1.70 bits per heavy atom. The molecule has 3 nitrogen and oxygen atoms in total. The van der Waals surface area contributed by atoms with Gasteiger partial charge < -0.3 is 10.2 Å². The third-order valence-corrected chi connectivity index (χ3v) is 1.27. The number of aliphatic hydroxyl groups excluding tert-OH is 1. The Bertz CT molecular complexity index is 140. The number of hydrogen-bond acceptors (Lipinski definition) is 2. The van der Waals surface area contributed by atoms with Crippen molar-refractivity contribution in [2.24, 2.45) is 0 Å². The molecule has 0 saturated carbocycles. The molecule has 0 aliphatic heterocycles. The third kappa shape index (κ3) is 3.25. The van der Waals surface area contributed by atoms with Gasteiger partial charge >= 0.3 is 5.97 Å². The van der Waals surface area contributed by atoms with Crippen LogP contribution in [0.3, 0.4) is 0 Å². The van der Waals surface area contributed by atoms with E-state index in [1.807, 2.05) is 6.92 Å². The molecular formula is C7H12O3. The van der Waals surface area contributed by atoms with E-state index in [1.165, 1.54) is 0 Å². The lowest BCUT2D eigenvalue weighted by Crippen LogP contribution is -2.19. The highest BCUT2D eigenvalue weighted by molar-refractivity contribution is 5.72. The van der Waals surface area contributed by atoms with Crippen LogP contribution in [0.1, 0.15) is 19.8 Å². The lowest BCUT2D eigenvalue weighted by atomic mass is 10.1. The molecule has 0 aromatic heterocycles. The topological polar surface area (TPSA) is 57.5 Å². The zero-order valence-electron chi connectivity index (χ0n) is 6.00. The van der Waals surface area contributed by atoms with Gasteiger partial charge in [0.25, 0.3) is 0 Å². The molecule has 0 aliphatic carbocycles. The summed E-state index contributed by atoms with van der Waals surface area (Å²) in [5.41, 5.74) is 0.759. The third-order valence-electron chi connectivity index (χ3n) is 1.27. The maximum absolute atomic E-state index is 10.1. The average molecular weight is 144 g/mol. The summed E-state index contributed by atoms with van der Waals surface area (Å²) in [6.45, 7) is 5.44. The average Bonchev–Trinajstić information content (AvgIpc) is 1.87. The Labute approximate surface area is 60.0 Å². The molecule has 0 radical (unpaired) electrons. The summed E-state index contributed by atoms with van der Waals surface area (Å²) >= 11 is 0. The molecule has 3 heteroatoms. The minimum atomic E-state index is -1.28. The van der Waals surface area contributed by atoms with Crippen LogP contribution in [-0.4, -0.2) is 22.3 Å². The lowest BCUT2D eigenvalue weighted by Gasteiger charge is -2.04. The smallest absolute Gasteiger partial charge is 0.332 e. The van der Waals surface area contributed by atoms with E-state index < -0.39 is 12.1 Å². The van der Waals surface area contributed by atoms with Crippen molar-refractivity contribution >= 4 is 5.97 Å². The predicted octanol–water partition coefficient (Wildman–Crippen LogP) is 0.788. The van der Waals surface area contributed by atoms with Gasteiger partial charge in [0.2, 0.25) is 0 Å². The van der Waals surface area contributed by atoms with E-state index in [2.05, 4.69) is 6.58 Å². The van der Waals surface area contributed by atoms with Crippen LogP contribution in [0, 0.1) is 0 Å². The van der Waals surface area contributed by atoms with Crippen LogP contribution >= 0.6 is 0 Å². The molecule has 0 aromatic carbocycles. The van der Waals surface area contributed by atoms with Crippen LogP contribution in [0.15, 0.2) is 12.2 Å². The molecule has 0 rings (SSSR count). The van der Waals surface area contributed by atoms with E-state index in [0.29, 0.717) is 6.42 Å². The number of aliphatic hydroxyl groups is 1. The zero-order valence-corrected chi connectivity index (χ0v) is 6.00. The molecule has 1 unspecified atom stereocenters. The minimum Gasteiger partial charge on any atom is -0.479 e. The molecule has 2 N–H and O–H groups in total. The molecule has 0 aliphatic rings. The standard InChI is InChI=1S/C7H12O3/c1-3-5(2)4-6(8)7(9)10/h6,8H,2-4H2,1H3,(H,9,10). The van der Waals surface area contributed by atoms with Gasteiger partial charge in [0.15, 0.2) is 6.10 Å². The number of carboxylic acids is 1. The summed E-state index contributed by atoms with van der Waals surface area (Å²) in [5, 5.41) is 17.0. The highest BCUT2D eigenvalue weighted by Crippen LogP contribution is 2.06. The second-order valence-electron chi connectivity index (χ2n) is 2.16. The molecular weight excluding hydrogens is 132 g/mol. The minimum absolute atomic E-state index is 0.159. The Morgan fingerprint density at radius 3 is 2.50 bits per heavy atom. The van der Waals surface area contributed by atoms with Gasteiger partial charge in [0.05, 0.1) is 0 Å². The van der Waals surface area contributed by atoms with Gasteiger partial charge in [-0.3, -0.25) is 0 Å². The number of hydrogen-bond donors (Lipinski definition) is 2. The molecule has 0 fully saturated rings. The summed E-state index contributed by atoms with van der Waals surface area (Å²) in [5.74, 6) is -1.19. The first-order valence-electron chi connectivity index (χ1n) is 3.15. The molecule has 10 heavy (non-hydrogen) atoms. The summed E-state index contributed by atoms with van der Waals surface area (Å²) in [4.78, 5) is 10.1. The monoisotopic (exact) mass is 144 g/mol. The van der Waals surface area contributed by atoms with Crippen molar-refractivity contribution < 1.29 is 15.0 Å². The van der Waals surface area contributed by atoms with Crippen LogP contribution in [0.25, 0.3) is 0 Å². The van der Waals surface area contributed by atoms with Crippen LogP contribution in [0.4, 0.5) is 0 Å². The van der Waals surface area contributed by atoms with Crippen molar-refractivity contribution in [1.82, 2.24) is 0 Å². The maximum atomic E-state index is 10.1. The number of rotatable bonds is 4. The summed E-state index contributed by atoms with van der Waals surface area (Å²) in [6.07, 6.45) is -0.414. The first-order chi connectivity index (χ1) is 4.57. The number of carboxylic acid groups (broad SMARTS) is 1. The van der Waals surface area contributed by atoms with Gasteiger partial charge in [-0.15, -0.1) is 0 Å². The van der Waals surface area contributed by atoms with Crippen molar-refractivity contribution in [3.05, 3.63) is 12.2 Å². The van der Waals surface area contributed by atoms with E-state index in [0.717, 1.165) is 5.57 Å². The van der Waals surface area contributed by atoms with Crippen molar-refractivity contribution in [1.29, 1.82) is 0 Å². The second-order valence-corrected chi connectivity index (χ2v) is 2.16. The van der Waals surface area contributed by atoms with E-state index in [4.69, 9.17) is 10.2 Å². The quantitative estimate of drug-likeness (QED) is 0.573. The fourth-order valence-corrected chi connectivity index (χ4v) is 0.505. The predicted molar refractivity (Wildman–Crippen MR) is 37.7 cm³/mol. The first kappa shape index (κ1) is 9.17. The normalized spacial score (nSPS) is 12.6. The molecule has 0 spiro atoms. The van der Waals surface area contributed by atoms with Gasteiger partial charge in [-0.2, -0.15) is 0 Å². The second kappa shape index (κ2) is 4.06. The molecule has 58 valence electrons. The van der Waals surface area contributed by atoms with Crippen molar-refractivity contribution in [3.8, 4) is 0 Å². The van der Waals surface area contributed by atoms with Gasteiger partial charge in [-0.25, -0.2) is 4.79 Å². The fourth-order valence-electron chi connectivity index (χ4n) is 0.505. The van der Waals surface area contributed by atoms with Crippen LogP contribution < -0.4 is 0 Å². The Morgan fingerprint density at radius 2 is 2.20 bits per heavy atom. The molecule has 1 atom stereocenters. The molecule has 0 aromatic rings. The van der Waals surface area contributed by atoms with Crippen molar-refractivity contribution in [2.75, 3.05) is 0 Å². The fraction of sp³-hybridized carbons (Fsp3) is 0.571. The SMILES string of the molecule is C=C(CC)CC(O)C(=O)O. The summed E-state index contributed by atoms with van der Waals surface area (Å²) in [6, 6.07) is 0. The molecule has 0 bridgehead atoms. The highest BCUT2D eigenvalue weighted by Gasteiger charge is 2.12. The van der Waals surface area contributed by atoms with Gasteiger partial charge in [-0.1, -0.05) is 19.1 Å². The zero-order chi connectivity index (χ0) is 8.15. The van der Waals surface area contributed by atoms with E-state index in [9.17, 15) is 4.79 Å². The van der Waals surface area contributed by atoms with Crippen molar-refractivity contribution in [3.63, 3.8) is 0 Å². The largest absolute Gasteiger partial charge is 0.479 e. The molecule has 0 heterocycles. The summed E-state index contributed by atoms with van der Waals surface area (Å²) < 4.78 is 0. The van der Waals surface area contributed by atoms with E-state index in [1.54, 1.807) is 0 Å². The van der Waals surface area contributed by atoms with Crippen molar-refractivity contribution in [2.45, 2.75) is 25.9 Å².